The van der Waals surface area contributed by atoms with Crippen LogP contribution in [0.25, 0.3) is 0 Å². The molecule has 132 valence electrons. The van der Waals surface area contributed by atoms with Crippen molar-refractivity contribution < 1.29 is 23.8 Å². The van der Waals surface area contributed by atoms with Crippen LogP contribution in [-0.2, 0) is 9.53 Å². The van der Waals surface area contributed by atoms with E-state index in [-0.39, 0.29) is 25.7 Å². The van der Waals surface area contributed by atoms with Crippen LogP contribution in [0.2, 0.25) is 0 Å². The fourth-order valence-electron chi connectivity index (χ4n) is 2.00. The predicted molar refractivity (Wildman–Crippen MR) is 93.0 cm³/mol. The van der Waals surface area contributed by atoms with Gasteiger partial charge in [0.1, 0.15) is 31.3 Å². The minimum Gasteiger partial charge on any atom is -0.497 e. The minimum absolute atomic E-state index is 0.116. The molecule has 1 amide bonds. The van der Waals surface area contributed by atoms with Crippen LogP contribution < -0.4 is 14.8 Å². The van der Waals surface area contributed by atoms with E-state index in [0.29, 0.717) is 11.3 Å². The molecule has 0 fully saturated rings. The molecule has 1 N–H and O–H groups in total. The number of methoxy groups -OCH3 is 1. The zero-order chi connectivity index (χ0) is 18.1. The third-order valence-corrected chi connectivity index (χ3v) is 3.38. The largest absolute Gasteiger partial charge is 0.497 e. The van der Waals surface area contributed by atoms with Crippen LogP contribution in [0, 0.1) is 6.92 Å². The quantitative estimate of drug-likeness (QED) is 0.588. The van der Waals surface area contributed by atoms with Crippen LogP contribution in [0.1, 0.15) is 15.9 Å². The summed E-state index contributed by atoms with van der Waals surface area (Å²) in [7, 11) is 1.55. The maximum atomic E-state index is 11.9. The predicted octanol–water partition coefficient (Wildman–Crippen LogP) is 2.36. The minimum atomic E-state index is -0.519. The number of nitrogens with one attached hydrogen (secondary N) is 1. The zero-order valence-electron chi connectivity index (χ0n) is 14.3. The van der Waals surface area contributed by atoms with Gasteiger partial charge >= 0.3 is 5.97 Å². The molecule has 0 aliphatic heterocycles. The number of amides is 1. The number of rotatable bonds is 8. The lowest BCUT2D eigenvalue weighted by molar-refractivity contribution is -0.143. The average molecular weight is 343 g/mol. The Labute approximate surface area is 146 Å². The smallest absolute Gasteiger partial charge is 0.325 e. The Morgan fingerprint density at radius 3 is 2.20 bits per heavy atom. The summed E-state index contributed by atoms with van der Waals surface area (Å²) in [6.45, 7) is 2.16. The molecular weight excluding hydrogens is 322 g/mol. The molecule has 0 spiro atoms. The average Bonchev–Trinajstić information content (AvgIpc) is 2.64. The van der Waals surface area contributed by atoms with Crippen molar-refractivity contribution >= 4 is 11.9 Å². The SMILES string of the molecule is COc1ccc(C(=O)NCC(=O)OCCOc2ccc(C)cc2)cc1. The Balaban J connectivity index is 1.64. The van der Waals surface area contributed by atoms with E-state index in [0.717, 1.165) is 11.3 Å². The summed E-state index contributed by atoms with van der Waals surface area (Å²) in [5.41, 5.74) is 1.59. The molecule has 0 saturated carbocycles. The van der Waals surface area contributed by atoms with Gasteiger partial charge in [-0.25, -0.2) is 0 Å². The van der Waals surface area contributed by atoms with E-state index in [4.69, 9.17) is 14.2 Å². The summed E-state index contributed by atoms with van der Waals surface area (Å²) in [4.78, 5) is 23.5. The van der Waals surface area contributed by atoms with Crippen molar-refractivity contribution in [2.45, 2.75) is 6.92 Å². The van der Waals surface area contributed by atoms with Gasteiger partial charge in [0.05, 0.1) is 7.11 Å². The molecule has 6 nitrogen and oxygen atoms in total. The van der Waals surface area contributed by atoms with Crippen LogP contribution in [-0.4, -0.2) is 38.7 Å². The highest BCUT2D eigenvalue weighted by Crippen LogP contribution is 2.11. The molecule has 6 heteroatoms. The van der Waals surface area contributed by atoms with Crippen molar-refractivity contribution in [1.82, 2.24) is 5.32 Å². The molecule has 0 aromatic heterocycles. The first-order chi connectivity index (χ1) is 12.1. The Morgan fingerprint density at radius 1 is 0.920 bits per heavy atom. The van der Waals surface area contributed by atoms with E-state index in [1.165, 1.54) is 0 Å². The molecule has 2 aromatic rings. The Kier molecular flexibility index (Phi) is 6.83. The second kappa shape index (κ2) is 9.32. The fourth-order valence-corrected chi connectivity index (χ4v) is 2.00. The number of benzene rings is 2. The first-order valence-corrected chi connectivity index (χ1v) is 7.86. The van der Waals surface area contributed by atoms with Gasteiger partial charge < -0.3 is 19.5 Å². The maximum absolute atomic E-state index is 11.9. The number of aryl methyl sites for hydroxylation is 1. The standard InChI is InChI=1S/C19H21NO5/c1-14-3-7-17(8-4-14)24-11-12-25-18(21)13-20-19(22)15-5-9-16(23-2)10-6-15/h3-10H,11-13H2,1-2H3,(H,20,22). The van der Waals surface area contributed by atoms with Gasteiger partial charge in [0.2, 0.25) is 0 Å². The summed E-state index contributed by atoms with van der Waals surface area (Å²) in [6.07, 6.45) is 0. The van der Waals surface area contributed by atoms with Gasteiger partial charge in [0.15, 0.2) is 0 Å². The number of hydrogen-bond donors (Lipinski definition) is 1. The third kappa shape index (κ3) is 6.18. The van der Waals surface area contributed by atoms with Gasteiger partial charge in [-0.1, -0.05) is 17.7 Å². The summed E-state index contributed by atoms with van der Waals surface area (Å²) in [6, 6.07) is 14.2. The van der Waals surface area contributed by atoms with Crippen LogP contribution in [0.3, 0.4) is 0 Å². The van der Waals surface area contributed by atoms with Crippen LogP contribution >= 0.6 is 0 Å². The maximum Gasteiger partial charge on any atom is 0.325 e. The highest BCUT2D eigenvalue weighted by atomic mass is 16.6. The van der Waals surface area contributed by atoms with E-state index in [1.54, 1.807) is 31.4 Å². The summed E-state index contributed by atoms with van der Waals surface area (Å²) >= 11 is 0. The Bertz CT molecular complexity index is 695. The molecule has 0 saturated heterocycles. The Hall–Kier alpha value is -3.02. The molecule has 0 aliphatic rings. The van der Waals surface area contributed by atoms with Crippen molar-refractivity contribution in [2.75, 3.05) is 26.9 Å². The van der Waals surface area contributed by atoms with E-state index in [2.05, 4.69) is 5.32 Å². The highest BCUT2D eigenvalue weighted by Gasteiger charge is 2.09. The lowest BCUT2D eigenvalue weighted by Crippen LogP contribution is -2.31. The molecule has 2 aromatic carbocycles. The number of ether oxygens (including phenoxy) is 3. The van der Waals surface area contributed by atoms with Gasteiger partial charge in [-0.15, -0.1) is 0 Å². The van der Waals surface area contributed by atoms with E-state index >= 15 is 0 Å². The lowest BCUT2D eigenvalue weighted by Gasteiger charge is -2.08. The number of esters is 1. The van der Waals surface area contributed by atoms with Crippen molar-refractivity contribution in [3.8, 4) is 11.5 Å². The number of hydrogen-bond acceptors (Lipinski definition) is 5. The van der Waals surface area contributed by atoms with Gasteiger partial charge in [-0.2, -0.15) is 0 Å². The first-order valence-electron chi connectivity index (χ1n) is 7.86. The van der Waals surface area contributed by atoms with E-state index in [1.807, 2.05) is 31.2 Å². The molecule has 0 atom stereocenters. The number of carbonyl (C=O) groups is 2. The molecule has 0 unspecified atom stereocenters. The second-order valence-corrected chi connectivity index (χ2v) is 5.29. The Morgan fingerprint density at radius 2 is 1.56 bits per heavy atom. The number of carbonyl (C=O) groups excluding carboxylic acids is 2. The molecule has 2 rings (SSSR count). The molecular formula is C19H21NO5. The summed E-state index contributed by atoms with van der Waals surface area (Å²) in [5.74, 6) is 0.504. The van der Waals surface area contributed by atoms with Crippen molar-refractivity contribution in [1.29, 1.82) is 0 Å². The van der Waals surface area contributed by atoms with Gasteiger partial charge in [-0.05, 0) is 43.3 Å². The second-order valence-electron chi connectivity index (χ2n) is 5.29. The fraction of sp³-hybridized carbons (Fsp3) is 0.263. The van der Waals surface area contributed by atoms with Gasteiger partial charge in [0, 0.05) is 5.56 Å². The van der Waals surface area contributed by atoms with Crippen molar-refractivity contribution in [3.63, 3.8) is 0 Å². The van der Waals surface area contributed by atoms with Crippen molar-refractivity contribution in [2.24, 2.45) is 0 Å². The van der Waals surface area contributed by atoms with Crippen LogP contribution in [0.5, 0.6) is 11.5 Å². The normalized spacial score (nSPS) is 10.0. The molecule has 0 aliphatic carbocycles. The highest BCUT2D eigenvalue weighted by molar-refractivity contribution is 5.96. The van der Waals surface area contributed by atoms with Crippen LogP contribution in [0.15, 0.2) is 48.5 Å². The lowest BCUT2D eigenvalue weighted by atomic mass is 10.2. The zero-order valence-corrected chi connectivity index (χ0v) is 14.3. The van der Waals surface area contributed by atoms with E-state index < -0.39 is 5.97 Å². The molecule has 0 radical (unpaired) electrons. The third-order valence-electron chi connectivity index (χ3n) is 3.38. The molecule has 25 heavy (non-hydrogen) atoms. The molecule has 0 heterocycles. The van der Waals surface area contributed by atoms with Crippen LogP contribution in [0.4, 0.5) is 0 Å². The monoisotopic (exact) mass is 343 g/mol. The topological polar surface area (TPSA) is 73.9 Å². The van der Waals surface area contributed by atoms with Gasteiger partial charge in [0.25, 0.3) is 5.91 Å². The first kappa shape index (κ1) is 18.3. The summed E-state index contributed by atoms with van der Waals surface area (Å²) in [5, 5.41) is 2.51. The molecule has 0 bridgehead atoms. The van der Waals surface area contributed by atoms with Gasteiger partial charge in [-0.3, -0.25) is 9.59 Å². The summed E-state index contributed by atoms with van der Waals surface area (Å²) < 4.78 is 15.5. The van der Waals surface area contributed by atoms with E-state index in [9.17, 15) is 9.59 Å². The van der Waals surface area contributed by atoms with Crippen molar-refractivity contribution in [3.05, 3.63) is 59.7 Å².